The van der Waals surface area contributed by atoms with E-state index >= 15 is 0 Å². The second-order valence-corrected chi connectivity index (χ2v) is 6.57. The maximum Gasteiger partial charge on any atom is 0.407 e. The zero-order valence-electron chi connectivity index (χ0n) is 16.0. The van der Waals surface area contributed by atoms with Crippen LogP contribution in [0, 0.1) is 0 Å². The fourth-order valence-electron chi connectivity index (χ4n) is 1.82. The minimum atomic E-state index is -0.567. The standard InChI is InChI=1S/C19H29NO6/c1-5-12-23-15-6-8-16(9-7-15)24-13-14-25-17(21)10-11-20-18(22)26-19(2,3)4/h6-9H,5,10-14H2,1-4H3,(H,20,22). The van der Waals surface area contributed by atoms with Crippen molar-refractivity contribution in [2.24, 2.45) is 0 Å². The van der Waals surface area contributed by atoms with Crippen molar-refractivity contribution in [2.45, 2.75) is 46.1 Å². The molecule has 0 aliphatic heterocycles. The second kappa shape index (κ2) is 11.2. The first-order valence-corrected chi connectivity index (χ1v) is 8.78. The van der Waals surface area contributed by atoms with Gasteiger partial charge in [0.2, 0.25) is 0 Å². The van der Waals surface area contributed by atoms with Crippen molar-refractivity contribution in [1.29, 1.82) is 0 Å². The largest absolute Gasteiger partial charge is 0.494 e. The molecule has 1 aromatic rings. The topological polar surface area (TPSA) is 83.1 Å². The molecule has 0 atom stereocenters. The minimum Gasteiger partial charge on any atom is -0.494 e. The van der Waals surface area contributed by atoms with Gasteiger partial charge in [-0.05, 0) is 51.5 Å². The quantitative estimate of drug-likeness (QED) is 0.505. The molecule has 0 fully saturated rings. The van der Waals surface area contributed by atoms with E-state index in [1.807, 2.05) is 19.1 Å². The van der Waals surface area contributed by atoms with E-state index in [2.05, 4.69) is 5.32 Å². The van der Waals surface area contributed by atoms with Gasteiger partial charge in [0.1, 0.15) is 30.3 Å². The number of carbonyl (C=O) groups excluding carboxylic acids is 2. The Morgan fingerprint density at radius 3 is 2.08 bits per heavy atom. The Balaban J connectivity index is 2.11. The highest BCUT2D eigenvalue weighted by Gasteiger charge is 2.16. The number of rotatable bonds is 10. The fourth-order valence-corrected chi connectivity index (χ4v) is 1.82. The summed E-state index contributed by atoms with van der Waals surface area (Å²) >= 11 is 0. The van der Waals surface area contributed by atoms with Crippen molar-refractivity contribution in [2.75, 3.05) is 26.4 Å². The molecule has 0 bridgehead atoms. The van der Waals surface area contributed by atoms with Gasteiger partial charge in [-0.1, -0.05) is 6.92 Å². The van der Waals surface area contributed by atoms with Gasteiger partial charge in [-0.3, -0.25) is 4.79 Å². The van der Waals surface area contributed by atoms with Crippen LogP contribution in [0.3, 0.4) is 0 Å². The summed E-state index contributed by atoms with van der Waals surface area (Å²) < 4.78 is 21.1. The van der Waals surface area contributed by atoms with Gasteiger partial charge in [-0.25, -0.2) is 4.79 Å². The van der Waals surface area contributed by atoms with Crippen molar-refractivity contribution >= 4 is 12.1 Å². The molecular formula is C19H29NO6. The normalized spacial score (nSPS) is 10.8. The zero-order chi connectivity index (χ0) is 19.4. The van der Waals surface area contributed by atoms with Crippen LogP contribution in [0.15, 0.2) is 24.3 Å². The zero-order valence-corrected chi connectivity index (χ0v) is 16.0. The average molecular weight is 367 g/mol. The number of amides is 1. The lowest BCUT2D eigenvalue weighted by molar-refractivity contribution is -0.144. The maximum absolute atomic E-state index is 11.6. The molecule has 0 radical (unpaired) electrons. The highest BCUT2D eigenvalue weighted by atomic mass is 16.6. The van der Waals surface area contributed by atoms with Crippen LogP contribution in [0.25, 0.3) is 0 Å². The first-order chi connectivity index (χ1) is 12.3. The number of ether oxygens (including phenoxy) is 4. The number of nitrogens with one attached hydrogen (secondary N) is 1. The van der Waals surface area contributed by atoms with Crippen LogP contribution in [0.4, 0.5) is 4.79 Å². The van der Waals surface area contributed by atoms with Crippen LogP contribution < -0.4 is 14.8 Å². The second-order valence-electron chi connectivity index (χ2n) is 6.57. The number of benzene rings is 1. The molecule has 0 aromatic heterocycles. The predicted octanol–water partition coefficient (Wildman–Crippen LogP) is 3.31. The van der Waals surface area contributed by atoms with Crippen LogP contribution in [0.5, 0.6) is 11.5 Å². The first-order valence-electron chi connectivity index (χ1n) is 8.78. The summed E-state index contributed by atoms with van der Waals surface area (Å²) in [6.45, 7) is 8.59. The van der Waals surface area contributed by atoms with E-state index in [4.69, 9.17) is 18.9 Å². The summed E-state index contributed by atoms with van der Waals surface area (Å²) in [4.78, 5) is 23.0. The molecule has 0 spiro atoms. The number of hydrogen-bond donors (Lipinski definition) is 1. The summed E-state index contributed by atoms with van der Waals surface area (Å²) in [5, 5.41) is 2.50. The monoisotopic (exact) mass is 367 g/mol. The molecule has 1 amide bonds. The van der Waals surface area contributed by atoms with E-state index < -0.39 is 17.7 Å². The number of alkyl carbamates (subject to hydrolysis) is 1. The lowest BCUT2D eigenvalue weighted by Gasteiger charge is -2.19. The third-order valence-electron chi connectivity index (χ3n) is 2.91. The van der Waals surface area contributed by atoms with Gasteiger partial charge in [-0.15, -0.1) is 0 Å². The molecule has 1 N–H and O–H groups in total. The molecule has 7 heteroatoms. The molecular weight excluding hydrogens is 338 g/mol. The van der Waals surface area contributed by atoms with E-state index in [1.54, 1.807) is 32.9 Å². The summed E-state index contributed by atoms with van der Waals surface area (Å²) in [6.07, 6.45) is 0.472. The lowest BCUT2D eigenvalue weighted by atomic mass is 10.2. The van der Waals surface area contributed by atoms with Gasteiger partial charge >= 0.3 is 12.1 Å². The average Bonchev–Trinajstić information content (AvgIpc) is 2.56. The van der Waals surface area contributed by atoms with E-state index in [0.717, 1.165) is 12.2 Å². The summed E-state index contributed by atoms with van der Waals surface area (Å²) in [6, 6.07) is 7.27. The third kappa shape index (κ3) is 10.4. The molecule has 7 nitrogen and oxygen atoms in total. The van der Waals surface area contributed by atoms with Gasteiger partial charge in [0.05, 0.1) is 13.0 Å². The van der Waals surface area contributed by atoms with Crippen LogP contribution >= 0.6 is 0 Å². The third-order valence-corrected chi connectivity index (χ3v) is 2.91. The molecule has 26 heavy (non-hydrogen) atoms. The fraction of sp³-hybridized carbons (Fsp3) is 0.579. The Kier molecular flexibility index (Phi) is 9.33. The lowest BCUT2D eigenvalue weighted by Crippen LogP contribution is -2.33. The molecule has 0 aliphatic rings. The summed E-state index contributed by atoms with van der Waals surface area (Å²) in [7, 11) is 0. The molecule has 0 aliphatic carbocycles. The molecule has 0 saturated heterocycles. The Bertz CT molecular complexity index is 550. The molecule has 1 rings (SSSR count). The number of carbonyl (C=O) groups is 2. The van der Waals surface area contributed by atoms with E-state index in [1.165, 1.54) is 0 Å². The first kappa shape index (κ1) is 21.6. The van der Waals surface area contributed by atoms with Gasteiger partial charge in [-0.2, -0.15) is 0 Å². The Morgan fingerprint density at radius 2 is 1.54 bits per heavy atom. The van der Waals surface area contributed by atoms with Gasteiger partial charge in [0.15, 0.2) is 0 Å². The Labute approximate surface area is 155 Å². The minimum absolute atomic E-state index is 0.0721. The van der Waals surface area contributed by atoms with Crippen molar-refractivity contribution in [1.82, 2.24) is 5.32 Å². The molecule has 1 aromatic carbocycles. The van der Waals surface area contributed by atoms with E-state index in [9.17, 15) is 9.59 Å². The van der Waals surface area contributed by atoms with Crippen molar-refractivity contribution in [3.05, 3.63) is 24.3 Å². The smallest absolute Gasteiger partial charge is 0.407 e. The van der Waals surface area contributed by atoms with Crippen molar-refractivity contribution in [3.63, 3.8) is 0 Å². The summed E-state index contributed by atoms with van der Waals surface area (Å²) in [5.41, 5.74) is -0.567. The molecule has 0 unspecified atom stereocenters. The number of esters is 1. The molecule has 146 valence electrons. The van der Waals surface area contributed by atoms with E-state index in [0.29, 0.717) is 12.4 Å². The van der Waals surface area contributed by atoms with Crippen LogP contribution in [-0.4, -0.2) is 44.0 Å². The maximum atomic E-state index is 11.6. The van der Waals surface area contributed by atoms with Crippen LogP contribution in [0.2, 0.25) is 0 Å². The number of hydrogen-bond acceptors (Lipinski definition) is 6. The van der Waals surface area contributed by atoms with E-state index in [-0.39, 0.29) is 26.2 Å². The van der Waals surface area contributed by atoms with Crippen LogP contribution in [0.1, 0.15) is 40.5 Å². The Morgan fingerprint density at radius 1 is 0.962 bits per heavy atom. The molecule has 0 saturated carbocycles. The van der Waals surface area contributed by atoms with Crippen molar-refractivity contribution in [3.8, 4) is 11.5 Å². The van der Waals surface area contributed by atoms with Gasteiger partial charge < -0.3 is 24.3 Å². The SMILES string of the molecule is CCCOc1ccc(OCCOC(=O)CCNC(=O)OC(C)(C)C)cc1. The van der Waals surface area contributed by atoms with Gasteiger partial charge in [0.25, 0.3) is 0 Å². The highest BCUT2D eigenvalue weighted by molar-refractivity contribution is 5.71. The highest BCUT2D eigenvalue weighted by Crippen LogP contribution is 2.17. The Hall–Kier alpha value is -2.44. The van der Waals surface area contributed by atoms with Gasteiger partial charge in [0, 0.05) is 6.54 Å². The van der Waals surface area contributed by atoms with Crippen LogP contribution in [-0.2, 0) is 14.3 Å². The summed E-state index contributed by atoms with van der Waals surface area (Å²) in [5.74, 6) is 1.06. The molecule has 0 heterocycles. The van der Waals surface area contributed by atoms with Crippen molar-refractivity contribution < 1.29 is 28.5 Å². The predicted molar refractivity (Wildman–Crippen MR) is 97.5 cm³/mol.